The third-order valence-corrected chi connectivity index (χ3v) is 1.16. The number of primary amides is 1. The summed E-state index contributed by atoms with van der Waals surface area (Å²) in [4.78, 5) is 21.6. The number of hydrogen-bond acceptors (Lipinski definition) is 3. The van der Waals surface area contributed by atoms with Gasteiger partial charge in [-0.2, -0.15) is 0 Å². The van der Waals surface area contributed by atoms with E-state index in [0.29, 0.717) is 0 Å². The predicted molar refractivity (Wildman–Crippen MR) is 59.4 cm³/mol. The molecule has 0 aromatic rings. The van der Waals surface area contributed by atoms with Gasteiger partial charge in [-0.1, -0.05) is 13.8 Å². The minimum absolute atomic E-state index is 0.568. The number of carbonyl (C=O) groups is 2. The number of amides is 2. The molecule has 0 saturated carbocycles. The Morgan fingerprint density at radius 3 is 1.93 bits per heavy atom. The summed E-state index contributed by atoms with van der Waals surface area (Å²) in [5.41, 5.74) is 4.37. The quantitative estimate of drug-likeness (QED) is 0.735. The number of carbonyl (C=O) groups excluding carboxylic acids is 2. The topological polar surface area (TPSA) is 81.4 Å². The molecule has 3 N–H and O–H groups in total. The lowest BCUT2D eigenvalue weighted by Crippen LogP contribution is -2.44. The number of hydrogen-bond donors (Lipinski definition) is 2. The van der Waals surface area contributed by atoms with Gasteiger partial charge in [-0.15, -0.1) is 0 Å². The molecular weight excluding hydrogens is 196 g/mol. The fourth-order valence-electron chi connectivity index (χ4n) is 0.555. The summed E-state index contributed by atoms with van der Waals surface area (Å²) < 4.78 is 4.90. The molecule has 0 bridgehead atoms. The highest BCUT2D eigenvalue weighted by atomic mass is 16.6. The van der Waals surface area contributed by atoms with Crippen LogP contribution < -0.4 is 11.1 Å². The lowest BCUT2D eigenvalue weighted by molar-refractivity contribution is -0.119. The molecule has 5 nitrogen and oxygen atoms in total. The van der Waals surface area contributed by atoms with Crippen molar-refractivity contribution in [1.82, 2.24) is 5.32 Å². The zero-order valence-corrected chi connectivity index (χ0v) is 10.4. The van der Waals surface area contributed by atoms with Crippen LogP contribution in [0.3, 0.4) is 0 Å². The van der Waals surface area contributed by atoms with Crippen molar-refractivity contribution < 1.29 is 14.3 Å². The van der Waals surface area contributed by atoms with Crippen LogP contribution >= 0.6 is 0 Å². The maximum absolute atomic E-state index is 11.0. The second-order valence-corrected chi connectivity index (χ2v) is 3.77. The minimum atomic E-state index is -0.713. The first-order valence-corrected chi connectivity index (χ1v) is 5.01. The van der Waals surface area contributed by atoms with Crippen LogP contribution in [0.5, 0.6) is 0 Å². The summed E-state index contributed by atoms with van der Waals surface area (Å²) in [7, 11) is 0. The van der Waals surface area contributed by atoms with Crippen LogP contribution in [0.1, 0.15) is 41.5 Å². The van der Waals surface area contributed by atoms with Gasteiger partial charge in [0.25, 0.3) is 0 Å². The zero-order valence-electron chi connectivity index (χ0n) is 10.4. The monoisotopic (exact) mass is 218 g/mol. The molecule has 0 heterocycles. The molecule has 0 aliphatic carbocycles. The van der Waals surface area contributed by atoms with Crippen molar-refractivity contribution in [2.24, 2.45) is 5.73 Å². The van der Waals surface area contributed by atoms with Gasteiger partial charge in [-0.05, 0) is 27.7 Å². The van der Waals surface area contributed by atoms with E-state index in [4.69, 9.17) is 10.5 Å². The average Bonchev–Trinajstić information content (AvgIpc) is 2.03. The van der Waals surface area contributed by atoms with E-state index < -0.39 is 23.6 Å². The van der Waals surface area contributed by atoms with E-state index in [1.54, 1.807) is 20.8 Å². The molecule has 2 amide bonds. The Kier molecular flexibility index (Phi) is 7.65. The van der Waals surface area contributed by atoms with Crippen molar-refractivity contribution in [1.29, 1.82) is 0 Å². The summed E-state index contributed by atoms with van der Waals surface area (Å²) >= 11 is 0. The summed E-state index contributed by atoms with van der Waals surface area (Å²) in [5, 5.41) is 2.30. The normalized spacial score (nSPS) is 11.9. The van der Waals surface area contributed by atoms with Crippen molar-refractivity contribution in [3.05, 3.63) is 0 Å². The SMILES string of the molecule is CC.CC(NC(=O)OC(C)(C)C)C(N)=O. The Morgan fingerprint density at radius 1 is 1.27 bits per heavy atom. The van der Waals surface area contributed by atoms with Crippen molar-refractivity contribution >= 4 is 12.0 Å². The summed E-state index contributed by atoms with van der Waals surface area (Å²) in [6, 6.07) is -0.713. The van der Waals surface area contributed by atoms with Crippen LogP contribution in [-0.2, 0) is 9.53 Å². The van der Waals surface area contributed by atoms with Crippen molar-refractivity contribution in [2.75, 3.05) is 0 Å². The summed E-state index contributed by atoms with van der Waals surface area (Å²) in [6.45, 7) is 10.7. The molecule has 0 spiro atoms. The molecule has 5 heteroatoms. The van der Waals surface area contributed by atoms with Crippen LogP contribution in [-0.4, -0.2) is 23.6 Å². The molecule has 15 heavy (non-hydrogen) atoms. The zero-order chi connectivity index (χ0) is 12.6. The van der Waals surface area contributed by atoms with Crippen LogP contribution in [0.15, 0.2) is 0 Å². The highest BCUT2D eigenvalue weighted by Crippen LogP contribution is 2.06. The number of nitrogens with one attached hydrogen (secondary N) is 1. The second kappa shape index (κ2) is 7.09. The smallest absolute Gasteiger partial charge is 0.408 e. The number of ether oxygens (including phenoxy) is 1. The minimum Gasteiger partial charge on any atom is -0.444 e. The van der Waals surface area contributed by atoms with E-state index >= 15 is 0 Å². The fraction of sp³-hybridized carbons (Fsp3) is 0.800. The highest BCUT2D eigenvalue weighted by molar-refractivity contribution is 5.83. The van der Waals surface area contributed by atoms with E-state index in [2.05, 4.69) is 5.32 Å². The fourth-order valence-corrected chi connectivity index (χ4v) is 0.555. The average molecular weight is 218 g/mol. The lowest BCUT2D eigenvalue weighted by atomic mass is 10.2. The van der Waals surface area contributed by atoms with Crippen molar-refractivity contribution in [3.8, 4) is 0 Å². The van der Waals surface area contributed by atoms with Gasteiger partial charge >= 0.3 is 6.09 Å². The first kappa shape index (κ1) is 16.2. The molecule has 0 fully saturated rings. The van der Waals surface area contributed by atoms with E-state index in [9.17, 15) is 9.59 Å². The Morgan fingerprint density at radius 2 is 1.67 bits per heavy atom. The Hall–Kier alpha value is -1.26. The van der Waals surface area contributed by atoms with Gasteiger partial charge in [0.15, 0.2) is 0 Å². The molecule has 0 saturated heterocycles. The molecule has 1 atom stereocenters. The number of rotatable bonds is 2. The van der Waals surface area contributed by atoms with Crippen LogP contribution in [0.25, 0.3) is 0 Å². The predicted octanol–water partition coefficient (Wildman–Crippen LogP) is 1.41. The standard InChI is InChI=1S/C8H16N2O3.C2H6/c1-5(6(9)11)10-7(12)13-8(2,3)4;1-2/h5H,1-4H3,(H2,9,11)(H,10,12);1-2H3. The molecule has 0 aromatic heterocycles. The molecule has 1 unspecified atom stereocenters. The van der Waals surface area contributed by atoms with Gasteiger partial charge in [0.2, 0.25) is 5.91 Å². The molecule has 0 aliphatic heterocycles. The highest BCUT2D eigenvalue weighted by Gasteiger charge is 2.19. The lowest BCUT2D eigenvalue weighted by Gasteiger charge is -2.20. The maximum Gasteiger partial charge on any atom is 0.408 e. The molecule has 0 aromatic carbocycles. The third kappa shape index (κ3) is 10.7. The van der Waals surface area contributed by atoms with Gasteiger partial charge in [0.1, 0.15) is 11.6 Å². The summed E-state index contributed by atoms with van der Waals surface area (Å²) in [6.07, 6.45) is -0.640. The van der Waals surface area contributed by atoms with Gasteiger partial charge in [-0.3, -0.25) is 4.79 Å². The molecule has 0 aliphatic rings. The maximum atomic E-state index is 11.0. The molecule has 90 valence electrons. The van der Waals surface area contributed by atoms with Gasteiger partial charge in [0.05, 0.1) is 0 Å². The van der Waals surface area contributed by atoms with E-state index in [-0.39, 0.29) is 0 Å². The number of alkyl carbamates (subject to hydrolysis) is 1. The second-order valence-electron chi connectivity index (χ2n) is 3.77. The summed E-state index contributed by atoms with van der Waals surface area (Å²) in [5.74, 6) is -0.592. The Labute approximate surface area is 91.4 Å². The third-order valence-electron chi connectivity index (χ3n) is 1.16. The Balaban J connectivity index is 0. The van der Waals surface area contributed by atoms with Crippen LogP contribution in [0.4, 0.5) is 4.79 Å². The van der Waals surface area contributed by atoms with Crippen LogP contribution in [0, 0.1) is 0 Å². The molecular formula is C10H22N2O3. The van der Waals surface area contributed by atoms with Gasteiger partial charge in [0, 0.05) is 0 Å². The van der Waals surface area contributed by atoms with E-state index in [1.165, 1.54) is 6.92 Å². The van der Waals surface area contributed by atoms with Gasteiger partial charge in [-0.25, -0.2) is 4.79 Å². The first-order valence-electron chi connectivity index (χ1n) is 5.01. The largest absolute Gasteiger partial charge is 0.444 e. The molecule has 0 rings (SSSR count). The van der Waals surface area contributed by atoms with Crippen molar-refractivity contribution in [3.63, 3.8) is 0 Å². The van der Waals surface area contributed by atoms with Gasteiger partial charge < -0.3 is 15.8 Å². The van der Waals surface area contributed by atoms with E-state index in [1.807, 2.05) is 13.8 Å². The Bertz CT molecular complexity index is 209. The number of nitrogens with two attached hydrogens (primary N) is 1. The van der Waals surface area contributed by atoms with Crippen molar-refractivity contribution in [2.45, 2.75) is 53.2 Å². The van der Waals surface area contributed by atoms with E-state index in [0.717, 1.165) is 0 Å². The first-order chi connectivity index (χ1) is 6.72. The van der Waals surface area contributed by atoms with Crippen LogP contribution in [0.2, 0.25) is 0 Å². The molecule has 0 radical (unpaired) electrons.